The maximum atomic E-state index is 9.29. The van der Waals surface area contributed by atoms with Crippen molar-refractivity contribution in [3.05, 3.63) is 78.4 Å². The Kier molecular flexibility index (Phi) is 6.62. The largest absolute Gasteiger partial charge is 0.491 e. The van der Waals surface area contributed by atoms with Crippen molar-refractivity contribution in [1.29, 1.82) is 5.26 Å². The molecule has 0 saturated heterocycles. The van der Waals surface area contributed by atoms with Crippen molar-refractivity contribution >= 4 is 0 Å². The maximum absolute atomic E-state index is 9.29. The molecule has 0 aliphatic heterocycles. The van der Waals surface area contributed by atoms with Crippen molar-refractivity contribution in [2.24, 2.45) is 0 Å². The van der Waals surface area contributed by atoms with Crippen LogP contribution in [0.3, 0.4) is 0 Å². The van der Waals surface area contributed by atoms with Crippen molar-refractivity contribution < 1.29 is 9.47 Å². The number of hydrogen-bond acceptors (Lipinski definition) is 3. The average molecular weight is 357 g/mol. The second-order valence-corrected chi connectivity index (χ2v) is 6.22. The summed E-state index contributed by atoms with van der Waals surface area (Å²) in [5.74, 6) is 0.816. The number of hydrogen-bond donors (Lipinski definition) is 0. The molecule has 0 N–H and O–H groups in total. The summed E-state index contributed by atoms with van der Waals surface area (Å²) in [6, 6.07) is 26.2. The lowest BCUT2D eigenvalue weighted by Crippen LogP contribution is -2.06. The fourth-order valence-corrected chi connectivity index (χ4v) is 2.92. The molecule has 0 bridgehead atoms. The van der Waals surface area contributed by atoms with Crippen LogP contribution in [-0.2, 0) is 4.74 Å². The zero-order valence-electron chi connectivity index (χ0n) is 15.5. The van der Waals surface area contributed by atoms with Gasteiger partial charge in [-0.25, -0.2) is 0 Å². The molecule has 0 radical (unpaired) electrons. The minimum Gasteiger partial charge on any atom is -0.491 e. The summed E-state index contributed by atoms with van der Waals surface area (Å²) in [7, 11) is 0. The van der Waals surface area contributed by atoms with Gasteiger partial charge in [-0.1, -0.05) is 55.5 Å². The van der Waals surface area contributed by atoms with Gasteiger partial charge in [0.2, 0.25) is 0 Å². The summed E-state index contributed by atoms with van der Waals surface area (Å²) in [4.78, 5) is 0. The summed E-state index contributed by atoms with van der Waals surface area (Å²) in [6.45, 7) is 3.99. The van der Waals surface area contributed by atoms with E-state index < -0.39 is 0 Å². The minimum atomic E-state index is 0.540. The number of rotatable bonds is 8. The normalized spacial score (nSPS) is 10.4. The Hall–Kier alpha value is -3.09. The average Bonchev–Trinajstić information content (AvgIpc) is 2.74. The van der Waals surface area contributed by atoms with Gasteiger partial charge in [0.05, 0.1) is 18.2 Å². The van der Waals surface area contributed by atoms with E-state index in [2.05, 4.69) is 25.1 Å². The Morgan fingerprint density at radius 3 is 2.22 bits per heavy atom. The number of nitriles is 1. The molecular formula is C24H23NO2. The van der Waals surface area contributed by atoms with Crippen LogP contribution >= 0.6 is 0 Å². The van der Waals surface area contributed by atoms with Crippen molar-refractivity contribution in [3.63, 3.8) is 0 Å². The van der Waals surface area contributed by atoms with E-state index in [0.717, 1.165) is 41.0 Å². The highest BCUT2D eigenvalue weighted by Crippen LogP contribution is 2.33. The molecule has 0 fully saturated rings. The molecule has 0 aromatic heterocycles. The Balaban J connectivity index is 1.82. The molecule has 0 atom stereocenters. The van der Waals surface area contributed by atoms with Gasteiger partial charge >= 0.3 is 0 Å². The summed E-state index contributed by atoms with van der Waals surface area (Å²) in [5.41, 5.74) is 4.98. The highest BCUT2D eigenvalue weighted by molar-refractivity contribution is 5.84. The van der Waals surface area contributed by atoms with Gasteiger partial charge < -0.3 is 9.47 Å². The molecule has 0 unspecified atom stereocenters. The van der Waals surface area contributed by atoms with E-state index >= 15 is 0 Å². The van der Waals surface area contributed by atoms with Crippen molar-refractivity contribution in [3.8, 4) is 34.1 Å². The SMILES string of the molecule is CCCOCCOc1ccc(-c2cc(C#N)ccc2-c2ccccc2)cc1. The van der Waals surface area contributed by atoms with E-state index in [1.165, 1.54) is 0 Å². The van der Waals surface area contributed by atoms with Crippen molar-refractivity contribution in [2.45, 2.75) is 13.3 Å². The van der Waals surface area contributed by atoms with Gasteiger partial charge in [0, 0.05) is 6.61 Å². The third kappa shape index (κ3) is 4.97. The summed E-state index contributed by atoms with van der Waals surface area (Å²) < 4.78 is 11.2. The van der Waals surface area contributed by atoms with Gasteiger partial charge in [-0.3, -0.25) is 0 Å². The van der Waals surface area contributed by atoms with Gasteiger partial charge in [0.1, 0.15) is 12.4 Å². The van der Waals surface area contributed by atoms with Crippen LogP contribution in [-0.4, -0.2) is 19.8 Å². The third-order valence-corrected chi connectivity index (χ3v) is 4.24. The lowest BCUT2D eigenvalue weighted by atomic mass is 9.93. The van der Waals surface area contributed by atoms with E-state index in [0.29, 0.717) is 18.8 Å². The van der Waals surface area contributed by atoms with Gasteiger partial charge in [-0.05, 0) is 52.9 Å². The molecule has 0 spiro atoms. The second-order valence-electron chi connectivity index (χ2n) is 6.22. The van der Waals surface area contributed by atoms with Crippen LogP contribution in [0.2, 0.25) is 0 Å². The van der Waals surface area contributed by atoms with Crippen LogP contribution in [0.15, 0.2) is 72.8 Å². The van der Waals surface area contributed by atoms with E-state index in [1.54, 1.807) is 0 Å². The molecule has 3 rings (SSSR count). The summed E-state index contributed by atoms with van der Waals surface area (Å²) >= 11 is 0. The number of ether oxygens (including phenoxy) is 2. The molecule has 136 valence electrons. The molecule has 0 heterocycles. The van der Waals surface area contributed by atoms with Crippen LogP contribution < -0.4 is 4.74 Å². The first-order valence-electron chi connectivity index (χ1n) is 9.22. The van der Waals surface area contributed by atoms with Gasteiger partial charge in [-0.2, -0.15) is 5.26 Å². The molecular weight excluding hydrogens is 334 g/mol. The van der Waals surface area contributed by atoms with Crippen LogP contribution in [0.25, 0.3) is 22.3 Å². The second kappa shape index (κ2) is 9.56. The zero-order valence-corrected chi connectivity index (χ0v) is 15.5. The lowest BCUT2D eigenvalue weighted by Gasteiger charge is -2.12. The van der Waals surface area contributed by atoms with Crippen molar-refractivity contribution in [2.75, 3.05) is 19.8 Å². The van der Waals surface area contributed by atoms with Gasteiger partial charge in [0.15, 0.2) is 0 Å². The van der Waals surface area contributed by atoms with E-state index in [9.17, 15) is 5.26 Å². The molecule has 27 heavy (non-hydrogen) atoms. The van der Waals surface area contributed by atoms with Gasteiger partial charge in [-0.15, -0.1) is 0 Å². The topological polar surface area (TPSA) is 42.2 Å². The highest BCUT2D eigenvalue weighted by atomic mass is 16.5. The fourth-order valence-electron chi connectivity index (χ4n) is 2.92. The van der Waals surface area contributed by atoms with Crippen LogP contribution in [0.5, 0.6) is 5.75 Å². The lowest BCUT2D eigenvalue weighted by molar-refractivity contribution is 0.101. The van der Waals surface area contributed by atoms with Gasteiger partial charge in [0.25, 0.3) is 0 Å². The Labute approximate surface area is 160 Å². The molecule has 3 heteroatoms. The van der Waals surface area contributed by atoms with Crippen LogP contribution in [0.1, 0.15) is 18.9 Å². The molecule has 0 aliphatic rings. The minimum absolute atomic E-state index is 0.540. The predicted molar refractivity (Wildman–Crippen MR) is 109 cm³/mol. The van der Waals surface area contributed by atoms with E-state index in [-0.39, 0.29) is 0 Å². The molecule has 3 aromatic rings. The van der Waals surface area contributed by atoms with E-state index in [4.69, 9.17) is 9.47 Å². The van der Waals surface area contributed by atoms with Crippen molar-refractivity contribution in [1.82, 2.24) is 0 Å². The molecule has 0 aliphatic carbocycles. The highest BCUT2D eigenvalue weighted by Gasteiger charge is 2.09. The molecule has 3 aromatic carbocycles. The molecule has 3 nitrogen and oxygen atoms in total. The Morgan fingerprint density at radius 1 is 0.778 bits per heavy atom. The van der Waals surface area contributed by atoms with Crippen LogP contribution in [0, 0.1) is 11.3 Å². The first kappa shape index (κ1) is 18.7. The Morgan fingerprint density at radius 2 is 1.52 bits per heavy atom. The number of benzene rings is 3. The first-order valence-corrected chi connectivity index (χ1v) is 9.22. The third-order valence-electron chi connectivity index (χ3n) is 4.24. The quantitative estimate of drug-likeness (QED) is 0.486. The molecule has 0 amide bonds. The monoisotopic (exact) mass is 357 g/mol. The Bertz CT molecular complexity index is 896. The predicted octanol–water partition coefficient (Wildman–Crippen LogP) is 5.70. The molecule has 0 saturated carbocycles. The summed E-state index contributed by atoms with van der Waals surface area (Å²) in [6.07, 6.45) is 1.01. The smallest absolute Gasteiger partial charge is 0.119 e. The standard InChI is InChI=1S/C24H23NO2/c1-2-14-26-15-16-27-22-11-9-21(10-12-22)24-17-19(18-25)8-13-23(24)20-6-4-3-5-7-20/h3-13,17H,2,14-16H2,1H3. The zero-order chi connectivity index (χ0) is 18.9. The summed E-state index contributed by atoms with van der Waals surface area (Å²) in [5, 5.41) is 9.29. The van der Waals surface area contributed by atoms with E-state index in [1.807, 2.05) is 60.7 Å². The maximum Gasteiger partial charge on any atom is 0.119 e. The first-order chi connectivity index (χ1) is 13.3. The fraction of sp³-hybridized carbons (Fsp3) is 0.208. The van der Waals surface area contributed by atoms with Crippen LogP contribution in [0.4, 0.5) is 0 Å². The number of nitrogens with zero attached hydrogens (tertiary/aromatic N) is 1.